The molecule has 0 aromatic heterocycles. The summed E-state index contributed by atoms with van der Waals surface area (Å²) in [5.41, 5.74) is -0.0573. The van der Waals surface area contributed by atoms with Crippen LogP contribution in [0.25, 0.3) is 0 Å². The number of carbonyl (C=O) groups excluding carboxylic acids is 2. The Balaban J connectivity index is 2.35. The van der Waals surface area contributed by atoms with E-state index in [9.17, 15) is 29.8 Å². The van der Waals surface area contributed by atoms with E-state index in [4.69, 9.17) is 0 Å². The fourth-order valence-electron chi connectivity index (χ4n) is 2.31. The number of hydrogen-bond acceptors (Lipinski definition) is 6. The van der Waals surface area contributed by atoms with E-state index in [1.54, 1.807) is 32.0 Å². The summed E-state index contributed by atoms with van der Waals surface area (Å²) in [6.45, 7) is 3.37. The zero-order valence-electron chi connectivity index (χ0n) is 14.5. The molecule has 0 unspecified atom stereocenters. The van der Waals surface area contributed by atoms with E-state index in [1.807, 2.05) is 0 Å². The number of non-ortho nitro benzene ring substituents is 1. The highest BCUT2D eigenvalue weighted by molar-refractivity contribution is 6.08. The maximum absolute atomic E-state index is 12.5. The van der Waals surface area contributed by atoms with Crippen LogP contribution in [0.5, 0.6) is 0 Å². The number of rotatable bonds is 6. The summed E-state index contributed by atoms with van der Waals surface area (Å²) in [5, 5.41) is 27.2. The van der Waals surface area contributed by atoms with Crippen molar-refractivity contribution < 1.29 is 19.4 Å². The maximum Gasteiger partial charge on any atom is 0.289 e. The van der Waals surface area contributed by atoms with Gasteiger partial charge in [-0.15, -0.1) is 0 Å². The number of nitro benzene ring substituents is 2. The van der Waals surface area contributed by atoms with Gasteiger partial charge in [0.25, 0.3) is 17.3 Å². The first-order valence-corrected chi connectivity index (χ1v) is 7.88. The summed E-state index contributed by atoms with van der Waals surface area (Å²) in [6, 6.07) is 7.63. The van der Waals surface area contributed by atoms with Gasteiger partial charge in [0.2, 0.25) is 5.91 Å². The molecular weight excluding hydrogens is 356 g/mol. The lowest BCUT2D eigenvalue weighted by Gasteiger charge is -2.13. The van der Waals surface area contributed by atoms with Crippen LogP contribution >= 0.6 is 0 Å². The summed E-state index contributed by atoms with van der Waals surface area (Å²) >= 11 is 0. The highest BCUT2D eigenvalue weighted by Gasteiger charge is 2.24. The first kappa shape index (κ1) is 19.5. The molecular formula is C17H16N4O6. The van der Waals surface area contributed by atoms with Gasteiger partial charge in [0.05, 0.1) is 15.9 Å². The molecule has 10 heteroatoms. The molecule has 140 valence electrons. The van der Waals surface area contributed by atoms with Gasteiger partial charge in [-0.25, -0.2) is 0 Å². The van der Waals surface area contributed by atoms with Gasteiger partial charge in [0.1, 0.15) is 5.56 Å². The fraction of sp³-hybridized carbons (Fsp3) is 0.176. The average molecular weight is 372 g/mol. The molecule has 2 aromatic carbocycles. The minimum atomic E-state index is -0.855. The van der Waals surface area contributed by atoms with Crippen molar-refractivity contribution in [1.82, 2.24) is 0 Å². The van der Waals surface area contributed by atoms with Gasteiger partial charge in [-0.2, -0.15) is 0 Å². The molecule has 2 N–H and O–H groups in total. The molecule has 0 saturated carbocycles. The van der Waals surface area contributed by atoms with Gasteiger partial charge in [0.15, 0.2) is 0 Å². The minimum absolute atomic E-state index is 0.201. The Hall–Kier alpha value is -3.82. The van der Waals surface area contributed by atoms with Crippen LogP contribution in [-0.4, -0.2) is 21.7 Å². The van der Waals surface area contributed by atoms with Gasteiger partial charge in [-0.05, 0) is 30.7 Å². The summed E-state index contributed by atoms with van der Waals surface area (Å²) in [5.74, 6) is -0.994. The minimum Gasteiger partial charge on any atom is -0.326 e. The molecule has 27 heavy (non-hydrogen) atoms. The summed E-state index contributed by atoms with van der Waals surface area (Å²) in [4.78, 5) is 44.4. The average Bonchev–Trinajstić information content (AvgIpc) is 2.64. The molecule has 0 aliphatic rings. The van der Waals surface area contributed by atoms with Gasteiger partial charge < -0.3 is 10.6 Å². The lowest BCUT2D eigenvalue weighted by Crippen LogP contribution is -2.16. The highest BCUT2D eigenvalue weighted by atomic mass is 16.6. The Morgan fingerprint density at radius 2 is 1.63 bits per heavy atom. The number of nitrogens with one attached hydrogen (secondary N) is 2. The molecule has 0 spiro atoms. The predicted molar refractivity (Wildman–Crippen MR) is 97.8 cm³/mol. The first-order chi connectivity index (χ1) is 12.7. The molecule has 0 radical (unpaired) electrons. The molecule has 0 bridgehead atoms. The molecule has 0 atom stereocenters. The monoisotopic (exact) mass is 372 g/mol. The number of benzene rings is 2. The van der Waals surface area contributed by atoms with Crippen LogP contribution in [0.4, 0.5) is 22.7 Å². The van der Waals surface area contributed by atoms with Crippen LogP contribution in [0, 0.1) is 27.2 Å². The SMILES string of the molecule is CCC(=O)Nc1cccc(NC(=O)c2ccc([N+](=O)[O-])cc2[N+](=O)[O-])c1C. The topological polar surface area (TPSA) is 144 Å². The van der Waals surface area contributed by atoms with Crippen molar-refractivity contribution in [3.8, 4) is 0 Å². The van der Waals surface area contributed by atoms with E-state index < -0.39 is 27.1 Å². The van der Waals surface area contributed by atoms with Crippen molar-refractivity contribution in [2.75, 3.05) is 10.6 Å². The Kier molecular flexibility index (Phi) is 5.81. The second kappa shape index (κ2) is 8.04. The van der Waals surface area contributed by atoms with E-state index in [0.29, 0.717) is 16.9 Å². The molecule has 2 amide bonds. The number of amides is 2. The number of carbonyl (C=O) groups is 2. The van der Waals surface area contributed by atoms with Crippen molar-refractivity contribution >= 4 is 34.6 Å². The van der Waals surface area contributed by atoms with Crippen molar-refractivity contribution in [3.05, 3.63) is 67.8 Å². The smallest absolute Gasteiger partial charge is 0.289 e. The third-order valence-corrected chi connectivity index (χ3v) is 3.81. The number of nitrogens with zero attached hydrogens (tertiary/aromatic N) is 2. The van der Waals surface area contributed by atoms with Crippen molar-refractivity contribution in [2.45, 2.75) is 20.3 Å². The van der Waals surface area contributed by atoms with Gasteiger partial charge in [-0.3, -0.25) is 29.8 Å². The standard InChI is InChI=1S/C17H16N4O6/c1-3-16(22)18-13-5-4-6-14(10(13)2)19-17(23)12-8-7-11(20(24)25)9-15(12)21(26)27/h4-9H,3H2,1-2H3,(H,18,22)(H,19,23). The van der Waals surface area contributed by atoms with Crippen LogP contribution in [-0.2, 0) is 4.79 Å². The molecule has 0 aliphatic carbocycles. The third-order valence-electron chi connectivity index (χ3n) is 3.81. The maximum atomic E-state index is 12.5. The third kappa shape index (κ3) is 4.42. The second-order valence-corrected chi connectivity index (χ2v) is 5.55. The van der Waals surface area contributed by atoms with Crippen molar-refractivity contribution in [2.24, 2.45) is 0 Å². The Morgan fingerprint density at radius 3 is 2.19 bits per heavy atom. The van der Waals surface area contributed by atoms with Crippen molar-refractivity contribution in [3.63, 3.8) is 0 Å². The Labute approximate surface area is 153 Å². The molecule has 2 aromatic rings. The molecule has 0 heterocycles. The molecule has 2 rings (SSSR count). The van der Waals surface area contributed by atoms with Crippen molar-refractivity contribution in [1.29, 1.82) is 0 Å². The van der Waals surface area contributed by atoms with Crippen LogP contribution < -0.4 is 10.6 Å². The van der Waals surface area contributed by atoms with Crippen LogP contribution in [0.3, 0.4) is 0 Å². The first-order valence-electron chi connectivity index (χ1n) is 7.88. The second-order valence-electron chi connectivity index (χ2n) is 5.55. The zero-order chi connectivity index (χ0) is 20.1. The number of anilines is 2. The van der Waals surface area contributed by atoms with Gasteiger partial charge in [-0.1, -0.05) is 13.0 Å². The molecule has 0 aliphatic heterocycles. The highest BCUT2D eigenvalue weighted by Crippen LogP contribution is 2.28. The van der Waals surface area contributed by atoms with Crippen LogP contribution in [0.2, 0.25) is 0 Å². The van der Waals surface area contributed by atoms with Crippen LogP contribution in [0.1, 0.15) is 29.3 Å². The quantitative estimate of drug-likeness (QED) is 0.587. The normalized spacial score (nSPS) is 10.1. The van der Waals surface area contributed by atoms with E-state index in [1.165, 1.54) is 0 Å². The summed E-state index contributed by atoms with van der Waals surface area (Å²) in [7, 11) is 0. The van der Waals surface area contributed by atoms with Gasteiger partial charge in [0, 0.05) is 23.9 Å². The fourth-order valence-corrected chi connectivity index (χ4v) is 2.31. The molecule has 10 nitrogen and oxygen atoms in total. The lowest BCUT2D eigenvalue weighted by molar-refractivity contribution is -0.394. The lowest BCUT2D eigenvalue weighted by atomic mass is 10.1. The number of nitro groups is 2. The van der Waals surface area contributed by atoms with E-state index in [0.717, 1.165) is 18.2 Å². The largest absolute Gasteiger partial charge is 0.326 e. The van der Waals surface area contributed by atoms with E-state index >= 15 is 0 Å². The van der Waals surface area contributed by atoms with Crippen LogP contribution in [0.15, 0.2) is 36.4 Å². The number of hydrogen-bond donors (Lipinski definition) is 2. The Morgan fingerprint density at radius 1 is 1.00 bits per heavy atom. The molecule has 0 fully saturated rings. The van der Waals surface area contributed by atoms with Gasteiger partial charge >= 0.3 is 0 Å². The predicted octanol–water partition coefficient (Wildman–Crippen LogP) is 3.41. The van der Waals surface area contributed by atoms with E-state index in [-0.39, 0.29) is 17.9 Å². The molecule has 0 saturated heterocycles. The Bertz CT molecular complexity index is 941. The zero-order valence-corrected chi connectivity index (χ0v) is 14.5. The summed E-state index contributed by atoms with van der Waals surface area (Å²) in [6.07, 6.45) is 0.283. The van der Waals surface area contributed by atoms with E-state index in [2.05, 4.69) is 10.6 Å². The summed E-state index contributed by atoms with van der Waals surface area (Å²) < 4.78 is 0.